The minimum absolute atomic E-state index is 0.109. The molecule has 0 aromatic rings. The van der Waals surface area contributed by atoms with Crippen LogP contribution in [0.15, 0.2) is 0 Å². The first-order valence-electron chi connectivity index (χ1n) is 23.5. The Hall–Kier alpha value is -1.06. The minimum Gasteiger partial charge on any atom is -0.466 e. The maximum absolute atomic E-state index is 12.0. The van der Waals surface area contributed by atoms with Crippen molar-refractivity contribution in [3.05, 3.63) is 0 Å². The summed E-state index contributed by atoms with van der Waals surface area (Å²) in [5.41, 5.74) is 0. The largest absolute Gasteiger partial charge is 0.466 e. The lowest BCUT2D eigenvalue weighted by Crippen LogP contribution is -2.10. The van der Waals surface area contributed by atoms with Gasteiger partial charge in [0.25, 0.3) is 0 Å². The third-order valence-electron chi connectivity index (χ3n) is 10.8. The zero-order valence-corrected chi connectivity index (χ0v) is 35.0. The first-order chi connectivity index (χ1) is 25.2. The van der Waals surface area contributed by atoms with Crippen molar-refractivity contribution in [1.82, 2.24) is 0 Å². The molecule has 0 aromatic heterocycles. The Morgan fingerprint density at radius 2 is 0.431 bits per heavy atom. The topological polar surface area (TPSA) is 52.6 Å². The van der Waals surface area contributed by atoms with Crippen LogP contribution in [0.25, 0.3) is 0 Å². The van der Waals surface area contributed by atoms with E-state index >= 15 is 0 Å². The molecule has 0 aliphatic heterocycles. The van der Waals surface area contributed by atoms with E-state index in [1.54, 1.807) is 0 Å². The summed E-state index contributed by atoms with van der Waals surface area (Å²) in [6.45, 7) is 5.28. The molecular weight excluding hydrogens is 629 g/mol. The number of hydrogen-bond acceptors (Lipinski definition) is 4. The van der Waals surface area contributed by atoms with E-state index in [0.717, 1.165) is 25.7 Å². The number of unbranched alkanes of at least 4 members (excludes halogenated alkanes) is 36. The first kappa shape index (κ1) is 49.9. The molecule has 0 bridgehead atoms. The molecule has 0 aromatic carbocycles. The van der Waals surface area contributed by atoms with E-state index in [0.29, 0.717) is 32.5 Å². The Balaban J connectivity index is 3.24. The number of esters is 2. The van der Waals surface area contributed by atoms with Crippen LogP contribution in [0.3, 0.4) is 0 Å². The van der Waals surface area contributed by atoms with E-state index in [1.807, 2.05) is 0 Å². The molecule has 0 N–H and O–H groups in total. The van der Waals surface area contributed by atoms with Crippen LogP contribution in [0.4, 0.5) is 0 Å². The Morgan fingerprint density at radius 1 is 0.255 bits per heavy atom. The van der Waals surface area contributed by atoms with Gasteiger partial charge in [0, 0.05) is 19.3 Å². The standard InChI is InChI=1S/C47H92O4/c1-3-5-7-9-11-13-15-17-19-21-23-25-27-29-31-33-35-37-39-42-46(48)50-44-41-45-51-47(49)43-40-38-36-34-32-30-28-26-24-22-20-18-16-14-12-10-8-6-4-2/h3-45H2,1-2H3. The fourth-order valence-corrected chi connectivity index (χ4v) is 7.27. The summed E-state index contributed by atoms with van der Waals surface area (Å²) in [4.78, 5) is 24.0. The van der Waals surface area contributed by atoms with Crippen LogP contribution in [0.5, 0.6) is 0 Å². The summed E-state index contributed by atoms with van der Waals surface area (Å²) in [5.74, 6) is -0.218. The molecule has 0 aliphatic carbocycles. The summed E-state index contributed by atoms with van der Waals surface area (Å²) in [7, 11) is 0. The summed E-state index contributed by atoms with van der Waals surface area (Å²) in [6.07, 6.45) is 53.1. The number of carbonyl (C=O) groups excluding carboxylic acids is 2. The molecule has 4 heteroatoms. The van der Waals surface area contributed by atoms with Crippen LogP contribution in [0.2, 0.25) is 0 Å². The number of hydrogen-bond donors (Lipinski definition) is 0. The number of rotatable bonds is 44. The maximum Gasteiger partial charge on any atom is 0.305 e. The molecule has 0 spiro atoms. The van der Waals surface area contributed by atoms with Gasteiger partial charge in [0.2, 0.25) is 0 Å². The van der Waals surface area contributed by atoms with Crippen LogP contribution >= 0.6 is 0 Å². The van der Waals surface area contributed by atoms with Gasteiger partial charge in [-0.2, -0.15) is 0 Å². The molecule has 51 heavy (non-hydrogen) atoms. The van der Waals surface area contributed by atoms with Gasteiger partial charge in [-0.05, 0) is 12.8 Å². The van der Waals surface area contributed by atoms with Crippen molar-refractivity contribution in [3.63, 3.8) is 0 Å². The van der Waals surface area contributed by atoms with Gasteiger partial charge in [0.15, 0.2) is 0 Å². The highest BCUT2D eigenvalue weighted by Crippen LogP contribution is 2.17. The smallest absolute Gasteiger partial charge is 0.305 e. The monoisotopic (exact) mass is 721 g/mol. The molecule has 0 heterocycles. The van der Waals surface area contributed by atoms with Crippen molar-refractivity contribution < 1.29 is 19.1 Å². The zero-order valence-electron chi connectivity index (χ0n) is 35.0. The number of ether oxygens (including phenoxy) is 2. The summed E-state index contributed by atoms with van der Waals surface area (Å²) in [5, 5.41) is 0. The number of carbonyl (C=O) groups is 2. The SMILES string of the molecule is CCCCCCCCCCCCCCCCCCCCCC(=O)OCCCOC(=O)CCCCCCCCCCCCCCCCCCCCC. The lowest BCUT2D eigenvalue weighted by molar-refractivity contribution is -0.146. The van der Waals surface area contributed by atoms with E-state index in [2.05, 4.69) is 13.8 Å². The van der Waals surface area contributed by atoms with Crippen LogP contribution in [-0.2, 0) is 19.1 Å². The highest BCUT2D eigenvalue weighted by molar-refractivity contribution is 5.69. The Bertz CT molecular complexity index is 621. The molecule has 0 radical (unpaired) electrons. The van der Waals surface area contributed by atoms with Crippen LogP contribution in [0, 0.1) is 0 Å². The van der Waals surface area contributed by atoms with Crippen molar-refractivity contribution in [3.8, 4) is 0 Å². The van der Waals surface area contributed by atoms with E-state index in [1.165, 1.54) is 218 Å². The molecular formula is C47H92O4. The maximum atomic E-state index is 12.0. The molecule has 0 saturated carbocycles. The van der Waals surface area contributed by atoms with Gasteiger partial charge in [-0.25, -0.2) is 0 Å². The summed E-state index contributed by atoms with van der Waals surface area (Å²) < 4.78 is 10.7. The molecule has 0 unspecified atom stereocenters. The molecule has 304 valence electrons. The predicted molar refractivity (Wildman–Crippen MR) is 223 cm³/mol. The van der Waals surface area contributed by atoms with Crippen LogP contribution in [0.1, 0.15) is 277 Å². The third-order valence-corrected chi connectivity index (χ3v) is 10.8. The molecule has 0 saturated heterocycles. The zero-order chi connectivity index (χ0) is 37.0. The van der Waals surface area contributed by atoms with E-state index in [9.17, 15) is 9.59 Å². The first-order valence-corrected chi connectivity index (χ1v) is 23.5. The van der Waals surface area contributed by atoms with Crippen molar-refractivity contribution >= 4 is 11.9 Å². The lowest BCUT2D eigenvalue weighted by atomic mass is 10.0. The Kier molecular flexibility index (Phi) is 44.2. The minimum atomic E-state index is -0.109. The van der Waals surface area contributed by atoms with E-state index in [-0.39, 0.29) is 11.9 Å². The second kappa shape index (κ2) is 45.1. The average Bonchev–Trinajstić information content (AvgIpc) is 3.13. The van der Waals surface area contributed by atoms with Crippen LogP contribution in [-0.4, -0.2) is 25.2 Å². The fraction of sp³-hybridized carbons (Fsp3) is 0.957. The highest BCUT2D eigenvalue weighted by Gasteiger charge is 2.05. The molecule has 0 rings (SSSR count). The second-order valence-corrected chi connectivity index (χ2v) is 16.0. The van der Waals surface area contributed by atoms with Gasteiger partial charge in [-0.15, -0.1) is 0 Å². The second-order valence-electron chi connectivity index (χ2n) is 16.0. The summed E-state index contributed by atoms with van der Waals surface area (Å²) in [6, 6.07) is 0. The highest BCUT2D eigenvalue weighted by atomic mass is 16.5. The van der Waals surface area contributed by atoms with Gasteiger partial charge in [-0.1, -0.05) is 245 Å². The third kappa shape index (κ3) is 45.0. The van der Waals surface area contributed by atoms with Gasteiger partial charge >= 0.3 is 11.9 Å². The molecule has 0 atom stereocenters. The quantitative estimate of drug-likeness (QED) is 0.0464. The van der Waals surface area contributed by atoms with E-state index < -0.39 is 0 Å². The van der Waals surface area contributed by atoms with Crippen molar-refractivity contribution in [2.45, 2.75) is 277 Å². The molecule has 0 fully saturated rings. The van der Waals surface area contributed by atoms with Gasteiger partial charge in [0.1, 0.15) is 0 Å². The Labute approximate surface area is 320 Å². The normalized spacial score (nSPS) is 11.3. The molecule has 0 aliphatic rings. The fourth-order valence-electron chi connectivity index (χ4n) is 7.27. The molecule has 0 amide bonds. The Morgan fingerprint density at radius 3 is 0.627 bits per heavy atom. The van der Waals surface area contributed by atoms with Crippen molar-refractivity contribution in [2.24, 2.45) is 0 Å². The summed E-state index contributed by atoms with van der Waals surface area (Å²) >= 11 is 0. The van der Waals surface area contributed by atoms with E-state index in [4.69, 9.17) is 9.47 Å². The molecule has 4 nitrogen and oxygen atoms in total. The van der Waals surface area contributed by atoms with Crippen molar-refractivity contribution in [1.29, 1.82) is 0 Å². The van der Waals surface area contributed by atoms with Gasteiger partial charge < -0.3 is 9.47 Å². The average molecular weight is 721 g/mol. The predicted octanol–water partition coefficient (Wildman–Crippen LogP) is 16.1. The van der Waals surface area contributed by atoms with Crippen molar-refractivity contribution in [2.75, 3.05) is 13.2 Å². The van der Waals surface area contributed by atoms with Gasteiger partial charge in [0.05, 0.1) is 13.2 Å². The van der Waals surface area contributed by atoms with Gasteiger partial charge in [-0.3, -0.25) is 9.59 Å². The van der Waals surface area contributed by atoms with Crippen LogP contribution < -0.4 is 0 Å². The lowest BCUT2D eigenvalue weighted by Gasteiger charge is -2.07.